The first-order valence-corrected chi connectivity index (χ1v) is 4.92. The van der Waals surface area contributed by atoms with Gasteiger partial charge in [0.1, 0.15) is 18.2 Å². The van der Waals surface area contributed by atoms with Crippen molar-refractivity contribution in [2.24, 2.45) is 5.73 Å². The smallest absolute Gasteiger partial charge is 0.329 e. The lowest BCUT2D eigenvalue weighted by atomic mass is 10.0. The predicted octanol–water partition coefficient (Wildman–Crippen LogP) is 1.37. The minimum atomic E-state index is -1.13. The molecular weight excluding hydrogens is 232 g/mol. The van der Waals surface area contributed by atoms with E-state index in [2.05, 4.69) is 0 Å². The van der Waals surface area contributed by atoms with Gasteiger partial charge in [0.25, 0.3) is 0 Å². The molecule has 0 bridgehead atoms. The Balaban J connectivity index is 2.71. The van der Waals surface area contributed by atoms with E-state index in [1.807, 2.05) is 0 Å². The van der Waals surface area contributed by atoms with Gasteiger partial charge in [-0.15, -0.1) is 0 Å². The molecule has 0 saturated heterocycles. The van der Waals surface area contributed by atoms with Crippen LogP contribution in [0.4, 0.5) is 8.78 Å². The van der Waals surface area contributed by atoms with E-state index in [-0.39, 0.29) is 17.7 Å². The van der Waals surface area contributed by atoms with Crippen molar-refractivity contribution in [1.82, 2.24) is 0 Å². The molecule has 0 aliphatic carbocycles. The first-order valence-electron chi connectivity index (χ1n) is 4.92. The molecule has 1 atom stereocenters. The normalized spacial score (nSPS) is 12.5. The van der Waals surface area contributed by atoms with Crippen LogP contribution in [0.2, 0.25) is 0 Å². The second-order valence-corrected chi connectivity index (χ2v) is 3.64. The van der Waals surface area contributed by atoms with Crippen LogP contribution in [-0.2, 0) is 9.53 Å². The number of benzene rings is 1. The minimum absolute atomic E-state index is 0.106. The highest BCUT2D eigenvalue weighted by atomic mass is 19.1. The lowest BCUT2D eigenvalue weighted by Crippen LogP contribution is -2.21. The molecule has 1 aromatic rings. The molecule has 1 aromatic carbocycles. The number of rotatable bonds is 5. The van der Waals surface area contributed by atoms with E-state index in [9.17, 15) is 13.6 Å². The van der Waals surface area contributed by atoms with Crippen LogP contribution in [0.1, 0.15) is 17.2 Å². The number of hydrogen-bond acceptors (Lipinski definition) is 3. The van der Waals surface area contributed by atoms with Gasteiger partial charge in [0.15, 0.2) is 0 Å². The number of aliphatic carboxylic acids is 1. The van der Waals surface area contributed by atoms with Crippen molar-refractivity contribution in [3.05, 3.63) is 34.9 Å². The quantitative estimate of drug-likeness (QED) is 0.821. The third kappa shape index (κ3) is 3.76. The monoisotopic (exact) mass is 245 g/mol. The van der Waals surface area contributed by atoms with Crippen LogP contribution in [0.25, 0.3) is 0 Å². The van der Waals surface area contributed by atoms with Gasteiger partial charge in [-0.3, -0.25) is 0 Å². The summed E-state index contributed by atoms with van der Waals surface area (Å²) in [4.78, 5) is 10.2. The molecule has 0 heterocycles. The third-order valence-electron chi connectivity index (χ3n) is 2.20. The molecule has 0 radical (unpaired) electrons. The van der Waals surface area contributed by atoms with Crippen LogP contribution in [-0.4, -0.2) is 24.3 Å². The fourth-order valence-electron chi connectivity index (χ4n) is 1.33. The van der Waals surface area contributed by atoms with Crippen molar-refractivity contribution in [2.45, 2.75) is 13.0 Å². The number of halogens is 2. The summed E-state index contributed by atoms with van der Waals surface area (Å²) in [6, 6.07) is 1.22. The Labute approximate surface area is 97.0 Å². The van der Waals surface area contributed by atoms with E-state index < -0.39 is 30.3 Å². The molecule has 0 spiro atoms. The van der Waals surface area contributed by atoms with Crippen LogP contribution in [0.3, 0.4) is 0 Å². The second-order valence-electron chi connectivity index (χ2n) is 3.64. The van der Waals surface area contributed by atoms with E-state index in [0.29, 0.717) is 0 Å². The van der Waals surface area contributed by atoms with E-state index in [0.717, 1.165) is 6.07 Å². The lowest BCUT2D eigenvalue weighted by molar-refractivity contribution is -0.142. The van der Waals surface area contributed by atoms with Crippen LogP contribution in [0.5, 0.6) is 0 Å². The number of nitrogens with two attached hydrogens (primary N) is 1. The third-order valence-corrected chi connectivity index (χ3v) is 2.20. The van der Waals surface area contributed by atoms with Gasteiger partial charge in [-0.1, -0.05) is 0 Å². The summed E-state index contributed by atoms with van der Waals surface area (Å²) in [5.74, 6) is -2.54. The zero-order valence-electron chi connectivity index (χ0n) is 9.24. The average Bonchev–Trinajstić information content (AvgIpc) is 2.22. The van der Waals surface area contributed by atoms with E-state index in [1.165, 1.54) is 13.0 Å². The summed E-state index contributed by atoms with van der Waals surface area (Å²) in [7, 11) is 0. The van der Waals surface area contributed by atoms with Crippen molar-refractivity contribution in [1.29, 1.82) is 0 Å². The molecule has 0 amide bonds. The Bertz CT molecular complexity index is 423. The highest BCUT2D eigenvalue weighted by Crippen LogP contribution is 2.19. The molecule has 3 N–H and O–H groups in total. The predicted molar refractivity (Wildman–Crippen MR) is 56.5 cm³/mol. The Hall–Kier alpha value is -1.53. The maximum atomic E-state index is 13.4. The molecular formula is C11H13F2NO3. The maximum absolute atomic E-state index is 13.4. The zero-order chi connectivity index (χ0) is 13.0. The van der Waals surface area contributed by atoms with Gasteiger partial charge >= 0.3 is 5.97 Å². The first kappa shape index (κ1) is 13.5. The highest BCUT2D eigenvalue weighted by Gasteiger charge is 2.14. The van der Waals surface area contributed by atoms with E-state index in [1.54, 1.807) is 0 Å². The molecule has 17 heavy (non-hydrogen) atoms. The molecule has 0 aliphatic rings. The summed E-state index contributed by atoms with van der Waals surface area (Å²) in [6.07, 6.45) is 0. The molecule has 6 heteroatoms. The van der Waals surface area contributed by atoms with Crippen LogP contribution in [0.15, 0.2) is 12.1 Å². The Morgan fingerprint density at radius 2 is 2.12 bits per heavy atom. The largest absolute Gasteiger partial charge is 0.480 e. The molecule has 1 unspecified atom stereocenters. The number of aryl methyl sites for hydroxylation is 1. The van der Waals surface area contributed by atoms with Gasteiger partial charge in [-0.25, -0.2) is 13.6 Å². The second kappa shape index (κ2) is 5.70. The van der Waals surface area contributed by atoms with Crippen molar-refractivity contribution in [2.75, 3.05) is 13.2 Å². The van der Waals surface area contributed by atoms with Crippen molar-refractivity contribution in [3.8, 4) is 0 Å². The van der Waals surface area contributed by atoms with Crippen LogP contribution in [0, 0.1) is 18.6 Å². The van der Waals surface area contributed by atoms with Crippen molar-refractivity contribution in [3.63, 3.8) is 0 Å². The number of carboxylic acid groups (broad SMARTS) is 1. The van der Waals surface area contributed by atoms with E-state index >= 15 is 0 Å². The van der Waals surface area contributed by atoms with Gasteiger partial charge in [0.2, 0.25) is 0 Å². The Morgan fingerprint density at radius 3 is 2.71 bits per heavy atom. The molecule has 0 fully saturated rings. The molecule has 0 aliphatic heterocycles. The average molecular weight is 245 g/mol. The number of hydrogen-bond donors (Lipinski definition) is 2. The summed E-state index contributed by atoms with van der Waals surface area (Å²) in [5.41, 5.74) is 6.00. The Kier molecular flexibility index (Phi) is 4.53. The molecule has 4 nitrogen and oxygen atoms in total. The van der Waals surface area contributed by atoms with Gasteiger partial charge in [0.05, 0.1) is 12.6 Å². The van der Waals surface area contributed by atoms with E-state index in [4.69, 9.17) is 15.6 Å². The summed E-state index contributed by atoms with van der Waals surface area (Å²) in [6.45, 7) is 0.840. The summed E-state index contributed by atoms with van der Waals surface area (Å²) >= 11 is 0. The zero-order valence-corrected chi connectivity index (χ0v) is 9.24. The fraction of sp³-hybridized carbons (Fsp3) is 0.364. The lowest BCUT2D eigenvalue weighted by Gasteiger charge is -2.13. The maximum Gasteiger partial charge on any atom is 0.329 e. The summed E-state index contributed by atoms with van der Waals surface area (Å²) in [5, 5.41) is 8.34. The molecule has 1 rings (SSSR count). The van der Waals surface area contributed by atoms with Crippen LogP contribution >= 0.6 is 0 Å². The number of carboxylic acids is 1. The molecule has 0 aromatic heterocycles. The number of carbonyl (C=O) groups is 1. The van der Waals surface area contributed by atoms with Crippen molar-refractivity contribution >= 4 is 5.97 Å². The SMILES string of the molecule is Cc1cc(C(N)COCC(=O)O)c(F)cc1F. The van der Waals surface area contributed by atoms with Crippen LogP contribution < -0.4 is 5.73 Å². The first-order chi connectivity index (χ1) is 7.91. The minimum Gasteiger partial charge on any atom is -0.480 e. The van der Waals surface area contributed by atoms with Crippen molar-refractivity contribution < 1.29 is 23.4 Å². The van der Waals surface area contributed by atoms with Gasteiger partial charge < -0.3 is 15.6 Å². The van der Waals surface area contributed by atoms with Gasteiger partial charge in [-0.2, -0.15) is 0 Å². The van der Waals surface area contributed by atoms with Gasteiger partial charge in [-0.05, 0) is 18.6 Å². The number of ether oxygens (including phenoxy) is 1. The van der Waals surface area contributed by atoms with Gasteiger partial charge in [0, 0.05) is 11.6 Å². The summed E-state index contributed by atoms with van der Waals surface area (Å²) < 4.78 is 31.1. The topological polar surface area (TPSA) is 72.5 Å². The molecule has 0 saturated carbocycles. The Morgan fingerprint density at radius 1 is 1.47 bits per heavy atom. The fourth-order valence-corrected chi connectivity index (χ4v) is 1.33. The highest BCUT2D eigenvalue weighted by molar-refractivity contribution is 5.67. The standard InChI is InChI=1S/C11H13F2NO3/c1-6-2-7(9(13)3-8(6)12)10(14)4-17-5-11(15)16/h2-3,10H,4-5,14H2,1H3,(H,15,16). The molecule has 94 valence electrons.